The number of primary amides is 1. The van der Waals surface area contributed by atoms with Crippen molar-refractivity contribution in [3.63, 3.8) is 0 Å². The molecular weight excluding hydrogens is 411 g/mol. The number of nitrogens with one attached hydrogen (secondary N) is 2. The lowest BCUT2D eigenvalue weighted by Gasteiger charge is -2.23. The summed E-state index contributed by atoms with van der Waals surface area (Å²) in [5.41, 5.74) is 6.25. The number of benzene rings is 2. The normalized spacial score (nSPS) is 17.1. The molecule has 1 heterocycles. The van der Waals surface area contributed by atoms with Gasteiger partial charge in [0.25, 0.3) is 5.91 Å². The van der Waals surface area contributed by atoms with E-state index in [4.69, 9.17) is 5.73 Å². The van der Waals surface area contributed by atoms with Gasteiger partial charge >= 0.3 is 0 Å². The molecule has 0 spiro atoms. The van der Waals surface area contributed by atoms with Crippen LogP contribution in [0.1, 0.15) is 28.8 Å². The first-order chi connectivity index (χ1) is 14.2. The lowest BCUT2D eigenvalue weighted by Crippen LogP contribution is -2.39. The molecule has 30 heavy (non-hydrogen) atoms. The molecule has 2 aromatic carbocycles. The third kappa shape index (κ3) is 4.66. The number of anilines is 1. The van der Waals surface area contributed by atoms with Crippen LogP contribution in [-0.4, -0.2) is 44.8 Å². The van der Waals surface area contributed by atoms with Gasteiger partial charge in [-0.1, -0.05) is 18.2 Å². The van der Waals surface area contributed by atoms with Gasteiger partial charge < -0.3 is 11.1 Å². The predicted molar refractivity (Wildman–Crippen MR) is 110 cm³/mol. The van der Waals surface area contributed by atoms with Crippen molar-refractivity contribution in [2.75, 3.05) is 18.9 Å². The molecule has 8 nitrogen and oxygen atoms in total. The van der Waals surface area contributed by atoms with E-state index in [-0.39, 0.29) is 10.9 Å². The molecule has 0 bridgehead atoms. The smallest absolute Gasteiger partial charge is 0.258 e. The van der Waals surface area contributed by atoms with Crippen molar-refractivity contribution in [2.45, 2.75) is 30.3 Å². The predicted octanol–water partition coefficient (Wildman–Crippen LogP) is 1.44. The molecule has 4 N–H and O–H groups in total. The average Bonchev–Trinajstić information content (AvgIpc) is 3.18. The molecule has 2 aromatic rings. The monoisotopic (exact) mass is 434 g/mol. The van der Waals surface area contributed by atoms with E-state index in [2.05, 4.69) is 10.0 Å². The van der Waals surface area contributed by atoms with Crippen LogP contribution < -0.4 is 15.8 Å². The number of hydrogen-bond donors (Lipinski definition) is 3. The number of halogens is 1. The largest absolute Gasteiger partial charge is 0.368 e. The third-order valence-electron chi connectivity index (χ3n) is 5.09. The number of carbonyl (C=O) groups is 2. The first-order valence-corrected chi connectivity index (χ1v) is 10.9. The molecule has 2 amide bonds. The summed E-state index contributed by atoms with van der Waals surface area (Å²) in [6, 6.07) is 9.61. The van der Waals surface area contributed by atoms with Crippen LogP contribution in [0.3, 0.4) is 0 Å². The van der Waals surface area contributed by atoms with Gasteiger partial charge in [-0.25, -0.2) is 17.5 Å². The van der Waals surface area contributed by atoms with Gasteiger partial charge in [0.05, 0.1) is 16.5 Å². The SMILES string of the molecule is CNS(=O)(=O)c1ccc(F)c(C(=O)Nc2ccccc2CN2CCCC2C(N)=O)c1. The molecule has 1 aliphatic heterocycles. The second-order valence-electron chi connectivity index (χ2n) is 6.99. The van der Waals surface area contributed by atoms with Gasteiger partial charge in [-0.2, -0.15) is 0 Å². The lowest BCUT2D eigenvalue weighted by atomic mass is 10.1. The van der Waals surface area contributed by atoms with Crippen LogP contribution >= 0.6 is 0 Å². The fraction of sp³-hybridized carbons (Fsp3) is 0.300. The van der Waals surface area contributed by atoms with Crippen LogP contribution in [0.5, 0.6) is 0 Å². The number of likely N-dealkylation sites (tertiary alicyclic amines) is 1. The molecule has 1 saturated heterocycles. The molecule has 160 valence electrons. The van der Waals surface area contributed by atoms with Crippen LogP contribution in [0.15, 0.2) is 47.4 Å². The number of sulfonamides is 1. The van der Waals surface area contributed by atoms with Crippen LogP contribution in [0.25, 0.3) is 0 Å². The Morgan fingerprint density at radius 2 is 1.97 bits per heavy atom. The van der Waals surface area contributed by atoms with Crippen LogP contribution in [0.2, 0.25) is 0 Å². The number of carbonyl (C=O) groups excluding carboxylic acids is 2. The zero-order chi connectivity index (χ0) is 21.9. The Labute approximate surface area is 174 Å². The van der Waals surface area contributed by atoms with Crippen LogP contribution in [0, 0.1) is 5.82 Å². The number of nitrogens with zero attached hydrogens (tertiary/aromatic N) is 1. The van der Waals surface area contributed by atoms with E-state index in [0.717, 1.165) is 30.2 Å². The fourth-order valence-electron chi connectivity index (χ4n) is 3.49. The third-order valence-corrected chi connectivity index (χ3v) is 6.50. The van der Waals surface area contributed by atoms with E-state index < -0.39 is 33.2 Å². The van der Waals surface area contributed by atoms with E-state index in [1.165, 1.54) is 7.05 Å². The summed E-state index contributed by atoms with van der Waals surface area (Å²) in [6.45, 7) is 1.09. The van der Waals surface area contributed by atoms with E-state index in [1.54, 1.807) is 24.3 Å². The van der Waals surface area contributed by atoms with Gasteiger partial charge in [0.1, 0.15) is 5.82 Å². The highest BCUT2D eigenvalue weighted by Gasteiger charge is 2.29. The Bertz CT molecular complexity index is 1070. The van der Waals surface area contributed by atoms with Gasteiger partial charge in [0, 0.05) is 12.2 Å². The molecule has 10 heteroatoms. The molecular formula is C20H23FN4O4S. The quantitative estimate of drug-likeness (QED) is 0.609. The molecule has 1 fully saturated rings. The molecule has 0 saturated carbocycles. The van der Waals surface area contributed by atoms with Crippen molar-refractivity contribution in [3.8, 4) is 0 Å². The van der Waals surface area contributed by atoms with E-state index in [9.17, 15) is 22.4 Å². The van der Waals surface area contributed by atoms with Gasteiger partial charge in [0.2, 0.25) is 15.9 Å². The summed E-state index contributed by atoms with van der Waals surface area (Å²) in [7, 11) is -2.60. The van der Waals surface area contributed by atoms with Gasteiger partial charge in [-0.05, 0) is 56.3 Å². The summed E-state index contributed by atoms with van der Waals surface area (Å²) in [6.07, 6.45) is 1.53. The number of hydrogen-bond acceptors (Lipinski definition) is 5. The maximum Gasteiger partial charge on any atom is 0.258 e. The minimum atomic E-state index is -3.83. The Morgan fingerprint density at radius 3 is 2.67 bits per heavy atom. The molecule has 0 radical (unpaired) electrons. The van der Waals surface area contributed by atoms with E-state index in [0.29, 0.717) is 25.2 Å². The number of amides is 2. The standard InChI is InChI=1S/C20H23FN4O4S/c1-23-30(28,29)14-8-9-16(21)15(11-14)20(27)24-17-6-3-2-5-13(17)12-25-10-4-7-18(25)19(22)26/h2-3,5-6,8-9,11,18,23H,4,7,10,12H2,1H3,(H2,22,26)(H,24,27). The van der Waals surface area contributed by atoms with E-state index >= 15 is 0 Å². The molecule has 3 rings (SSSR count). The van der Waals surface area contributed by atoms with Gasteiger partial charge in [-0.15, -0.1) is 0 Å². The molecule has 0 aliphatic carbocycles. The second-order valence-corrected chi connectivity index (χ2v) is 8.88. The maximum absolute atomic E-state index is 14.2. The Morgan fingerprint density at radius 1 is 1.23 bits per heavy atom. The van der Waals surface area contributed by atoms with Crippen molar-refractivity contribution < 1.29 is 22.4 Å². The van der Waals surface area contributed by atoms with E-state index in [1.807, 2.05) is 4.90 Å². The van der Waals surface area contributed by atoms with Gasteiger partial charge in [0.15, 0.2) is 0 Å². The van der Waals surface area contributed by atoms with Crippen molar-refractivity contribution in [2.24, 2.45) is 5.73 Å². The number of para-hydroxylation sites is 1. The maximum atomic E-state index is 14.2. The summed E-state index contributed by atoms with van der Waals surface area (Å²) in [5, 5.41) is 2.65. The first-order valence-electron chi connectivity index (χ1n) is 9.38. The lowest BCUT2D eigenvalue weighted by molar-refractivity contribution is -0.122. The summed E-state index contributed by atoms with van der Waals surface area (Å²) in [4.78, 5) is 26.1. The number of rotatable bonds is 7. The molecule has 0 aromatic heterocycles. The van der Waals surface area contributed by atoms with Crippen LogP contribution in [-0.2, 0) is 21.4 Å². The van der Waals surface area contributed by atoms with Crippen molar-refractivity contribution in [3.05, 3.63) is 59.4 Å². The topological polar surface area (TPSA) is 122 Å². The van der Waals surface area contributed by atoms with Crippen molar-refractivity contribution >= 4 is 27.5 Å². The highest BCUT2D eigenvalue weighted by molar-refractivity contribution is 7.89. The number of nitrogens with two attached hydrogens (primary N) is 1. The minimum absolute atomic E-state index is 0.216. The Kier molecular flexibility index (Phi) is 6.49. The van der Waals surface area contributed by atoms with Crippen molar-refractivity contribution in [1.29, 1.82) is 0 Å². The highest BCUT2D eigenvalue weighted by atomic mass is 32.2. The van der Waals surface area contributed by atoms with Gasteiger partial charge in [-0.3, -0.25) is 14.5 Å². The minimum Gasteiger partial charge on any atom is -0.368 e. The summed E-state index contributed by atoms with van der Waals surface area (Å²) < 4.78 is 40.3. The molecule has 1 atom stereocenters. The fourth-order valence-corrected chi connectivity index (χ4v) is 4.25. The second kappa shape index (κ2) is 8.90. The average molecular weight is 434 g/mol. The van der Waals surface area contributed by atoms with Crippen LogP contribution in [0.4, 0.5) is 10.1 Å². The molecule has 1 unspecified atom stereocenters. The summed E-state index contributed by atoms with van der Waals surface area (Å²) >= 11 is 0. The highest BCUT2D eigenvalue weighted by Crippen LogP contribution is 2.25. The Balaban J connectivity index is 1.85. The first kappa shape index (κ1) is 21.9. The summed E-state index contributed by atoms with van der Waals surface area (Å²) in [5.74, 6) is -2.01. The van der Waals surface area contributed by atoms with Crippen molar-refractivity contribution in [1.82, 2.24) is 9.62 Å². The Hall–Kier alpha value is -2.82. The zero-order valence-electron chi connectivity index (χ0n) is 16.4. The zero-order valence-corrected chi connectivity index (χ0v) is 17.2. The molecule has 1 aliphatic rings.